The fraction of sp³-hybridized carbons (Fsp3) is 0.571. The normalized spacial score (nSPS) is 24.9. The average Bonchev–Trinajstić information content (AvgIpc) is 2.32. The molecule has 0 amide bonds. The first kappa shape index (κ1) is 12.5. The number of hydrogen-bond donors (Lipinski definition) is 1. The van der Waals surface area contributed by atoms with Crippen molar-refractivity contribution in [3.63, 3.8) is 0 Å². The SMILES string of the molecule is Cc1cc(CNC2(C)CCCOC2)ccc1F. The van der Waals surface area contributed by atoms with E-state index < -0.39 is 0 Å². The predicted molar refractivity (Wildman–Crippen MR) is 66.4 cm³/mol. The lowest BCUT2D eigenvalue weighted by Gasteiger charge is -2.34. The molecule has 1 aliphatic rings. The van der Waals surface area contributed by atoms with Crippen LogP contribution in [0.1, 0.15) is 30.9 Å². The maximum atomic E-state index is 13.1. The minimum Gasteiger partial charge on any atom is -0.380 e. The molecule has 0 bridgehead atoms. The highest BCUT2D eigenvalue weighted by molar-refractivity contribution is 5.23. The van der Waals surface area contributed by atoms with Gasteiger partial charge in [0.1, 0.15) is 5.82 Å². The van der Waals surface area contributed by atoms with E-state index in [9.17, 15) is 4.39 Å². The molecule has 1 unspecified atom stereocenters. The van der Waals surface area contributed by atoms with Crippen LogP contribution in [0.25, 0.3) is 0 Å². The van der Waals surface area contributed by atoms with Crippen LogP contribution in [0.2, 0.25) is 0 Å². The van der Waals surface area contributed by atoms with Gasteiger partial charge in [0, 0.05) is 18.7 Å². The van der Waals surface area contributed by atoms with E-state index in [0.717, 1.165) is 38.2 Å². The second kappa shape index (κ2) is 5.15. The van der Waals surface area contributed by atoms with Crippen molar-refractivity contribution in [1.29, 1.82) is 0 Å². The molecule has 1 atom stereocenters. The van der Waals surface area contributed by atoms with Gasteiger partial charge in [-0.25, -0.2) is 4.39 Å². The lowest BCUT2D eigenvalue weighted by Crippen LogP contribution is -2.48. The van der Waals surface area contributed by atoms with E-state index in [1.807, 2.05) is 12.1 Å². The number of benzene rings is 1. The lowest BCUT2D eigenvalue weighted by atomic mass is 9.94. The number of ether oxygens (including phenoxy) is 1. The molecule has 3 heteroatoms. The third kappa shape index (κ3) is 3.27. The molecular formula is C14H20FNO. The number of rotatable bonds is 3. The van der Waals surface area contributed by atoms with Crippen molar-refractivity contribution in [1.82, 2.24) is 5.32 Å². The van der Waals surface area contributed by atoms with Crippen LogP contribution in [0.3, 0.4) is 0 Å². The Morgan fingerprint density at radius 1 is 1.47 bits per heavy atom. The van der Waals surface area contributed by atoms with Crippen LogP contribution in [-0.2, 0) is 11.3 Å². The van der Waals surface area contributed by atoms with Crippen LogP contribution in [-0.4, -0.2) is 18.8 Å². The zero-order chi connectivity index (χ0) is 12.3. The molecule has 1 aromatic carbocycles. The summed E-state index contributed by atoms with van der Waals surface area (Å²) < 4.78 is 18.6. The second-order valence-corrected chi connectivity index (χ2v) is 5.15. The fourth-order valence-electron chi connectivity index (χ4n) is 2.21. The Balaban J connectivity index is 1.94. The van der Waals surface area contributed by atoms with Crippen LogP contribution in [0, 0.1) is 12.7 Å². The van der Waals surface area contributed by atoms with Crippen LogP contribution >= 0.6 is 0 Å². The molecule has 17 heavy (non-hydrogen) atoms. The van der Waals surface area contributed by atoms with Gasteiger partial charge in [0.15, 0.2) is 0 Å². The van der Waals surface area contributed by atoms with Crippen LogP contribution in [0.15, 0.2) is 18.2 Å². The Bertz CT molecular complexity index is 386. The smallest absolute Gasteiger partial charge is 0.126 e. The van der Waals surface area contributed by atoms with Crippen molar-refractivity contribution in [3.8, 4) is 0 Å². The second-order valence-electron chi connectivity index (χ2n) is 5.15. The number of aryl methyl sites for hydroxylation is 1. The first-order chi connectivity index (χ1) is 8.09. The molecular weight excluding hydrogens is 217 g/mol. The van der Waals surface area contributed by atoms with E-state index in [0.29, 0.717) is 5.56 Å². The van der Waals surface area contributed by atoms with Crippen LogP contribution in [0.4, 0.5) is 4.39 Å². The van der Waals surface area contributed by atoms with Gasteiger partial charge in [-0.1, -0.05) is 12.1 Å². The van der Waals surface area contributed by atoms with Gasteiger partial charge in [0.25, 0.3) is 0 Å². The molecule has 1 heterocycles. The van der Waals surface area contributed by atoms with Gasteiger partial charge in [0.2, 0.25) is 0 Å². The van der Waals surface area contributed by atoms with E-state index in [1.54, 1.807) is 6.92 Å². The first-order valence-electron chi connectivity index (χ1n) is 6.17. The molecule has 1 aromatic rings. The molecule has 94 valence electrons. The van der Waals surface area contributed by atoms with Gasteiger partial charge >= 0.3 is 0 Å². The van der Waals surface area contributed by atoms with Crippen molar-refractivity contribution in [2.75, 3.05) is 13.2 Å². The number of halogens is 1. The Labute approximate surface area is 102 Å². The summed E-state index contributed by atoms with van der Waals surface area (Å²) >= 11 is 0. The largest absolute Gasteiger partial charge is 0.380 e. The fourth-order valence-corrected chi connectivity index (χ4v) is 2.21. The molecule has 0 spiro atoms. The summed E-state index contributed by atoms with van der Waals surface area (Å²) in [5.74, 6) is -0.138. The van der Waals surface area contributed by atoms with E-state index in [4.69, 9.17) is 4.74 Å². The summed E-state index contributed by atoms with van der Waals surface area (Å²) in [6.07, 6.45) is 2.24. The van der Waals surface area contributed by atoms with Gasteiger partial charge in [-0.05, 0) is 43.9 Å². The summed E-state index contributed by atoms with van der Waals surface area (Å²) in [5, 5.41) is 3.51. The lowest BCUT2D eigenvalue weighted by molar-refractivity contribution is 0.0278. The minimum atomic E-state index is -0.138. The van der Waals surface area contributed by atoms with Gasteiger partial charge in [-0.3, -0.25) is 0 Å². The molecule has 0 saturated carbocycles. The highest BCUT2D eigenvalue weighted by Crippen LogP contribution is 2.19. The molecule has 0 aromatic heterocycles. The maximum Gasteiger partial charge on any atom is 0.126 e. The summed E-state index contributed by atoms with van der Waals surface area (Å²) in [4.78, 5) is 0. The molecule has 1 N–H and O–H groups in total. The third-order valence-corrected chi connectivity index (χ3v) is 3.38. The van der Waals surface area contributed by atoms with Crippen molar-refractivity contribution < 1.29 is 9.13 Å². The van der Waals surface area contributed by atoms with E-state index in [1.165, 1.54) is 6.07 Å². The van der Waals surface area contributed by atoms with Crippen molar-refractivity contribution in [2.24, 2.45) is 0 Å². The number of nitrogens with one attached hydrogen (secondary N) is 1. The molecule has 0 radical (unpaired) electrons. The van der Waals surface area contributed by atoms with E-state index in [-0.39, 0.29) is 11.4 Å². The summed E-state index contributed by atoms with van der Waals surface area (Å²) in [5.41, 5.74) is 1.88. The van der Waals surface area contributed by atoms with E-state index in [2.05, 4.69) is 12.2 Å². The van der Waals surface area contributed by atoms with Gasteiger partial charge in [-0.15, -0.1) is 0 Å². The Morgan fingerprint density at radius 3 is 2.94 bits per heavy atom. The first-order valence-corrected chi connectivity index (χ1v) is 6.17. The minimum absolute atomic E-state index is 0.0561. The zero-order valence-electron chi connectivity index (χ0n) is 10.6. The quantitative estimate of drug-likeness (QED) is 0.872. The molecule has 2 nitrogen and oxygen atoms in total. The molecule has 1 aliphatic heterocycles. The van der Waals surface area contributed by atoms with E-state index >= 15 is 0 Å². The maximum absolute atomic E-state index is 13.1. The van der Waals surface area contributed by atoms with Crippen molar-refractivity contribution >= 4 is 0 Å². The highest BCUT2D eigenvalue weighted by atomic mass is 19.1. The average molecular weight is 237 g/mol. The zero-order valence-corrected chi connectivity index (χ0v) is 10.6. The number of hydrogen-bond acceptors (Lipinski definition) is 2. The van der Waals surface area contributed by atoms with Crippen LogP contribution < -0.4 is 5.32 Å². The van der Waals surface area contributed by atoms with Crippen LogP contribution in [0.5, 0.6) is 0 Å². The van der Waals surface area contributed by atoms with Gasteiger partial charge in [-0.2, -0.15) is 0 Å². The molecule has 1 fully saturated rings. The summed E-state index contributed by atoms with van der Waals surface area (Å²) in [6, 6.07) is 5.27. The highest BCUT2D eigenvalue weighted by Gasteiger charge is 2.26. The van der Waals surface area contributed by atoms with Gasteiger partial charge in [0.05, 0.1) is 6.61 Å². The summed E-state index contributed by atoms with van der Waals surface area (Å²) in [7, 11) is 0. The molecule has 2 rings (SSSR count). The third-order valence-electron chi connectivity index (χ3n) is 3.38. The predicted octanol–water partition coefficient (Wildman–Crippen LogP) is 2.79. The topological polar surface area (TPSA) is 21.3 Å². The standard InChI is InChI=1S/C14H20FNO/c1-11-8-12(4-5-13(11)15)9-16-14(2)6-3-7-17-10-14/h4-5,8,16H,3,6-7,9-10H2,1-2H3. The summed E-state index contributed by atoms with van der Waals surface area (Å²) in [6.45, 7) is 6.37. The molecule has 0 aliphatic carbocycles. The Kier molecular flexibility index (Phi) is 3.79. The Hall–Kier alpha value is -0.930. The van der Waals surface area contributed by atoms with Crippen molar-refractivity contribution in [2.45, 2.75) is 38.8 Å². The Morgan fingerprint density at radius 2 is 2.29 bits per heavy atom. The molecule has 1 saturated heterocycles. The monoisotopic (exact) mass is 237 g/mol. The van der Waals surface area contributed by atoms with Crippen molar-refractivity contribution in [3.05, 3.63) is 35.1 Å². The van der Waals surface area contributed by atoms with Gasteiger partial charge < -0.3 is 10.1 Å².